The van der Waals surface area contributed by atoms with E-state index in [9.17, 15) is 10.1 Å². The molecule has 0 spiro atoms. The monoisotopic (exact) mass is 288 g/mol. The van der Waals surface area contributed by atoms with Crippen molar-refractivity contribution in [3.8, 4) is 17.2 Å². The molecule has 110 valence electrons. The summed E-state index contributed by atoms with van der Waals surface area (Å²) in [6, 6.07) is 11.3. The van der Waals surface area contributed by atoms with Crippen LogP contribution in [-0.4, -0.2) is 12.0 Å². The van der Waals surface area contributed by atoms with Crippen LogP contribution in [0.25, 0.3) is 0 Å². The first-order valence-electron chi connectivity index (χ1n) is 6.37. The lowest BCUT2D eigenvalue weighted by Crippen LogP contribution is -2.06. The number of benzene rings is 2. The number of nitro benzene ring substituents is 1. The van der Waals surface area contributed by atoms with Gasteiger partial charge in [0.25, 0.3) is 0 Å². The smallest absolute Gasteiger partial charge is 0.311 e. The average Bonchev–Trinajstić information content (AvgIpc) is 2.47. The Hall–Kier alpha value is -2.60. The van der Waals surface area contributed by atoms with E-state index in [0.717, 1.165) is 5.56 Å². The highest BCUT2D eigenvalue weighted by Crippen LogP contribution is 2.36. The zero-order chi connectivity index (χ0) is 15.4. The number of nitrogens with zero attached hydrogens (tertiary/aromatic N) is 1. The van der Waals surface area contributed by atoms with Crippen molar-refractivity contribution in [1.82, 2.24) is 0 Å². The summed E-state index contributed by atoms with van der Waals surface area (Å²) < 4.78 is 10.8. The number of rotatable bonds is 5. The Labute approximate surface area is 122 Å². The van der Waals surface area contributed by atoms with Gasteiger partial charge in [0.1, 0.15) is 11.5 Å². The Morgan fingerprint density at radius 2 is 1.90 bits per heavy atom. The molecule has 0 radical (unpaired) electrons. The largest absolute Gasteiger partial charge is 0.497 e. The molecule has 0 aliphatic rings. The fourth-order valence-corrected chi connectivity index (χ4v) is 1.92. The van der Waals surface area contributed by atoms with Crippen LogP contribution in [0.4, 0.5) is 5.69 Å². The summed E-state index contributed by atoms with van der Waals surface area (Å²) in [5.41, 5.74) is 6.53. The van der Waals surface area contributed by atoms with Gasteiger partial charge in [-0.1, -0.05) is 18.2 Å². The van der Waals surface area contributed by atoms with Crippen molar-refractivity contribution in [3.63, 3.8) is 0 Å². The molecule has 2 rings (SSSR count). The second kappa shape index (κ2) is 6.23. The average molecular weight is 288 g/mol. The van der Waals surface area contributed by atoms with Crippen molar-refractivity contribution in [3.05, 3.63) is 58.1 Å². The molecule has 0 aliphatic heterocycles. The van der Waals surface area contributed by atoms with Crippen LogP contribution in [0.2, 0.25) is 0 Å². The van der Waals surface area contributed by atoms with Gasteiger partial charge in [-0.3, -0.25) is 10.1 Å². The third kappa shape index (κ3) is 3.29. The van der Waals surface area contributed by atoms with Crippen LogP contribution in [0.1, 0.15) is 18.5 Å². The molecule has 0 amide bonds. The summed E-state index contributed by atoms with van der Waals surface area (Å²) >= 11 is 0. The van der Waals surface area contributed by atoms with E-state index in [2.05, 4.69) is 0 Å². The summed E-state index contributed by atoms with van der Waals surface area (Å²) in [7, 11) is 1.49. The lowest BCUT2D eigenvalue weighted by Gasteiger charge is -2.14. The fraction of sp³-hybridized carbons (Fsp3) is 0.200. The SMILES string of the molecule is COc1ccc([N+](=O)[O-])c(Oc2ccccc2C(C)N)c1. The molecule has 0 saturated carbocycles. The second-order valence-corrected chi connectivity index (χ2v) is 4.52. The molecule has 2 N–H and O–H groups in total. The molecule has 0 heterocycles. The van der Waals surface area contributed by atoms with Gasteiger partial charge in [-0.25, -0.2) is 0 Å². The van der Waals surface area contributed by atoms with Crippen molar-refractivity contribution in [2.24, 2.45) is 5.73 Å². The minimum absolute atomic E-state index is 0.118. The predicted octanol–water partition coefficient (Wildman–Crippen LogP) is 3.42. The molecule has 0 bridgehead atoms. The zero-order valence-electron chi connectivity index (χ0n) is 11.8. The third-order valence-corrected chi connectivity index (χ3v) is 2.99. The first-order valence-corrected chi connectivity index (χ1v) is 6.37. The summed E-state index contributed by atoms with van der Waals surface area (Å²) in [5, 5.41) is 11.1. The Morgan fingerprint density at radius 1 is 1.19 bits per heavy atom. The molecular weight excluding hydrogens is 272 g/mol. The van der Waals surface area contributed by atoms with E-state index in [4.69, 9.17) is 15.2 Å². The zero-order valence-corrected chi connectivity index (χ0v) is 11.8. The minimum Gasteiger partial charge on any atom is -0.497 e. The predicted molar refractivity (Wildman–Crippen MR) is 78.8 cm³/mol. The molecule has 1 unspecified atom stereocenters. The van der Waals surface area contributed by atoms with Crippen LogP contribution in [0.3, 0.4) is 0 Å². The molecule has 2 aromatic rings. The first kappa shape index (κ1) is 14.8. The van der Waals surface area contributed by atoms with E-state index in [-0.39, 0.29) is 17.5 Å². The van der Waals surface area contributed by atoms with E-state index < -0.39 is 4.92 Å². The van der Waals surface area contributed by atoms with Crippen molar-refractivity contribution in [2.45, 2.75) is 13.0 Å². The van der Waals surface area contributed by atoms with Crippen LogP contribution in [0.15, 0.2) is 42.5 Å². The Morgan fingerprint density at radius 3 is 2.52 bits per heavy atom. The van der Waals surface area contributed by atoms with Gasteiger partial charge in [0.2, 0.25) is 5.75 Å². The van der Waals surface area contributed by atoms with Gasteiger partial charge in [-0.05, 0) is 19.1 Å². The maximum Gasteiger partial charge on any atom is 0.311 e. The van der Waals surface area contributed by atoms with Gasteiger partial charge in [0, 0.05) is 23.7 Å². The maximum atomic E-state index is 11.1. The molecule has 1 atom stereocenters. The van der Waals surface area contributed by atoms with E-state index in [1.807, 2.05) is 19.1 Å². The Kier molecular flexibility index (Phi) is 4.39. The normalized spacial score (nSPS) is 11.8. The summed E-state index contributed by atoms with van der Waals surface area (Å²) in [5.74, 6) is 1.09. The van der Waals surface area contributed by atoms with E-state index in [1.165, 1.54) is 25.3 Å². The Bertz CT molecular complexity index is 656. The second-order valence-electron chi connectivity index (χ2n) is 4.52. The van der Waals surface area contributed by atoms with Crippen LogP contribution < -0.4 is 15.2 Å². The molecule has 0 aromatic heterocycles. The van der Waals surface area contributed by atoms with Crippen molar-refractivity contribution in [2.75, 3.05) is 7.11 Å². The van der Waals surface area contributed by atoms with Crippen LogP contribution in [0, 0.1) is 10.1 Å². The van der Waals surface area contributed by atoms with Gasteiger partial charge >= 0.3 is 5.69 Å². The van der Waals surface area contributed by atoms with Crippen LogP contribution >= 0.6 is 0 Å². The van der Waals surface area contributed by atoms with Crippen molar-refractivity contribution >= 4 is 5.69 Å². The highest BCUT2D eigenvalue weighted by atomic mass is 16.6. The van der Waals surface area contributed by atoms with E-state index in [0.29, 0.717) is 11.5 Å². The lowest BCUT2D eigenvalue weighted by atomic mass is 10.1. The number of nitro groups is 1. The standard InChI is InChI=1S/C15H16N2O4/c1-10(16)12-5-3-4-6-14(12)21-15-9-11(20-2)7-8-13(15)17(18)19/h3-10H,16H2,1-2H3. The van der Waals surface area contributed by atoms with E-state index in [1.54, 1.807) is 12.1 Å². The number of hydrogen-bond donors (Lipinski definition) is 1. The van der Waals surface area contributed by atoms with Crippen molar-refractivity contribution < 1.29 is 14.4 Å². The molecule has 21 heavy (non-hydrogen) atoms. The maximum absolute atomic E-state index is 11.1. The number of hydrogen-bond acceptors (Lipinski definition) is 5. The third-order valence-electron chi connectivity index (χ3n) is 2.99. The molecule has 0 aliphatic carbocycles. The molecular formula is C15H16N2O4. The minimum atomic E-state index is -0.497. The highest BCUT2D eigenvalue weighted by Gasteiger charge is 2.18. The van der Waals surface area contributed by atoms with Crippen LogP contribution in [-0.2, 0) is 0 Å². The number of para-hydroxylation sites is 1. The van der Waals surface area contributed by atoms with Crippen LogP contribution in [0.5, 0.6) is 17.2 Å². The number of methoxy groups -OCH3 is 1. The molecule has 6 nitrogen and oxygen atoms in total. The van der Waals surface area contributed by atoms with Gasteiger partial charge in [-0.15, -0.1) is 0 Å². The summed E-state index contributed by atoms with van der Waals surface area (Å²) in [6.45, 7) is 1.82. The summed E-state index contributed by atoms with van der Waals surface area (Å²) in [4.78, 5) is 10.6. The molecule has 6 heteroatoms. The van der Waals surface area contributed by atoms with Gasteiger partial charge < -0.3 is 15.2 Å². The van der Waals surface area contributed by atoms with Crippen molar-refractivity contribution in [1.29, 1.82) is 0 Å². The summed E-state index contributed by atoms with van der Waals surface area (Å²) in [6.07, 6.45) is 0. The molecule has 2 aromatic carbocycles. The topological polar surface area (TPSA) is 87.6 Å². The van der Waals surface area contributed by atoms with E-state index >= 15 is 0 Å². The fourth-order valence-electron chi connectivity index (χ4n) is 1.92. The molecule has 0 saturated heterocycles. The number of ether oxygens (including phenoxy) is 2. The lowest BCUT2D eigenvalue weighted by molar-refractivity contribution is -0.385. The first-order chi connectivity index (χ1) is 10.0. The van der Waals surface area contributed by atoms with Gasteiger partial charge in [0.05, 0.1) is 12.0 Å². The Balaban J connectivity index is 2.45. The number of nitrogens with two attached hydrogens (primary N) is 1. The van der Waals surface area contributed by atoms with Gasteiger partial charge in [-0.2, -0.15) is 0 Å². The highest BCUT2D eigenvalue weighted by molar-refractivity contribution is 5.53. The van der Waals surface area contributed by atoms with Gasteiger partial charge in [0.15, 0.2) is 0 Å². The molecule has 0 fully saturated rings. The quantitative estimate of drug-likeness (QED) is 0.672.